The van der Waals surface area contributed by atoms with E-state index in [-0.39, 0.29) is 11.9 Å². The predicted molar refractivity (Wildman–Crippen MR) is 96.2 cm³/mol. The first kappa shape index (κ1) is 17.1. The number of anilines is 1. The highest BCUT2D eigenvalue weighted by atomic mass is 35.5. The van der Waals surface area contributed by atoms with E-state index < -0.39 is 6.04 Å². The van der Waals surface area contributed by atoms with Gasteiger partial charge in [-0.15, -0.1) is 0 Å². The van der Waals surface area contributed by atoms with Crippen LogP contribution in [0.4, 0.5) is 10.5 Å². The van der Waals surface area contributed by atoms with Gasteiger partial charge in [-0.3, -0.25) is 9.69 Å². The van der Waals surface area contributed by atoms with Crippen molar-refractivity contribution in [1.82, 2.24) is 10.2 Å². The van der Waals surface area contributed by atoms with E-state index in [0.717, 1.165) is 5.69 Å². The fourth-order valence-electron chi connectivity index (χ4n) is 2.50. The predicted octanol–water partition coefficient (Wildman–Crippen LogP) is 3.48. The van der Waals surface area contributed by atoms with Crippen molar-refractivity contribution in [3.63, 3.8) is 0 Å². The van der Waals surface area contributed by atoms with Crippen LogP contribution in [0.25, 0.3) is 0 Å². The van der Waals surface area contributed by atoms with Crippen molar-refractivity contribution in [2.24, 2.45) is 0 Å². The van der Waals surface area contributed by atoms with E-state index >= 15 is 0 Å². The Morgan fingerprint density at radius 1 is 1.24 bits per heavy atom. The molecule has 1 saturated heterocycles. The maximum Gasteiger partial charge on any atom is 0.324 e. The topological polar surface area (TPSA) is 70.7 Å². The molecule has 0 bridgehead atoms. The molecule has 0 aromatic heterocycles. The highest BCUT2D eigenvalue weighted by Gasteiger charge is 2.29. The Balaban J connectivity index is 1.61. The number of carbonyl (C=O) groups is 2. The van der Waals surface area contributed by atoms with Crippen LogP contribution in [-0.2, 0) is 4.79 Å². The Bertz CT molecular complexity index is 779. The number of rotatable bonds is 5. The summed E-state index contributed by atoms with van der Waals surface area (Å²) in [6.07, 6.45) is 0. The first-order valence-electron chi connectivity index (χ1n) is 7.93. The van der Waals surface area contributed by atoms with Gasteiger partial charge in [0.2, 0.25) is 0 Å². The van der Waals surface area contributed by atoms with E-state index in [1.807, 2.05) is 12.1 Å². The summed E-state index contributed by atoms with van der Waals surface area (Å²) in [4.78, 5) is 25.0. The van der Waals surface area contributed by atoms with Crippen LogP contribution in [0.15, 0.2) is 48.5 Å². The highest BCUT2D eigenvalue weighted by Crippen LogP contribution is 2.29. The highest BCUT2D eigenvalue weighted by molar-refractivity contribution is 6.32. The SMILES string of the molecule is CC(Nc1ccc(Oc2ccccc2Cl)cc1)C(=O)N1CCNC1=O. The van der Waals surface area contributed by atoms with Crippen LogP contribution in [0, 0.1) is 0 Å². The second-order valence-electron chi connectivity index (χ2n) is 5.64. The molecular formula is C18H18ClN3O3. The fraction of sp³-hybridized carbons (Fsp3) is 0.222. The quantitative estimate of drug-likeness (QED) is 0.857. The summed E-state index contributed by atoms with van der Waals surface area (Å²) in [6, 6.07) is 13.5. The van der Waals surface area contributed by atoms with Gasteiger partial charge in [-0.1, -0.05) is 23.7 Å². The van der Waals surface area contributed by atoms with Gasteiger partial charge in [0.15, 0.2) is 0 Å². The Hall–Kier alpha value is -2.73. The molecule has 1 heterocycles. The number of hydrogen-bond donors (Lipinski definition) is 2. The van der Waals surface area contributed by atoms with Gasteiger partial charge in [0.25, 0.3) is 5.91 Å². The molecule has 130 valence electrons. The van der Waals surface area contributed by atoms with Crippen LogP contribution in [0.1, 0.15) is 6.92 Å². The number of carbonyl (C=O) groups excluding carboxylic acids is 2. The van der Waals surface area contributed by atoms with Crippen molar-refractivity contribution < 1.29 is 14.3 Å². The maximum absolute atomic E-state index is 12.3. The summed E-state index contributed by atoms with van der Waals surface area (Å²) in [5.41, 5.74) is 0.756. The van der Waals surface area contributed by atoms with Gasteiger partial charge in [-0.25, -0.2) is 4.79 Å². The smallest absolute Gasteiger partial charge is 0.324 e. The minimum Gasteiger partial charge on any atom is -0.456 e. The fourth-order valence-corrected chi connectivity index (χ4v) is 2.68. The van der Waals surface area contributed by atoms with E-state index in [1.54, 1.807) is 43.3 Å². The lowest BCUT2D eigenvalue weighted by molar-refractivity contribution is -0.128. The molecule has 0 aliphatic carbocycles. The molecule has 3 amide bonds. The van der Waals surface area contributed by atoms with Crippen molar-refractivity contribution in [2.45, 2.75) is 13.0 Å². The first-order valence-corrected chi connectivity index (χ1v) is 8.30. The van der Waals surface area contributed by atoms with Gasteiger partial charge >= 0.3 is 6.03 Å². The van der Waals surface area contributed by atoms with Crippen LogP contribution in [0.2, 0.25) is 5.02 Å². The second kappa shape index (κ2) is 7.44. The third-order valence-corrected chi connectivity index (χ3v) is 4.11. The van der Waals surface area contributed by atoms with E-state index in [0.29, 0.717) is 29.6 Å². The number of imide groups is 1. The molecular weight excluding hydrogens is 342 g/mol. The molecule has 2 aromatic rings. The number of nitrogens with zero attached hydrogens (tertiary/aromatic N) is 1. The zero-order chi connectivity index (χ0) is 17.8. The minimum absolute atomic E-state index is 0.258. The molecule has 2 aromatic carbocycles. The van der Waals surface area contributed by atoms with E-state index in [9.17, 15) is 9.59 Å². The van der Waals surface area contributed by atoms with Crippen molar-refractivity contribution in [1.29, 1.82) is 0 Å². The molecule has 0 radical (unpaired) electrons. The average Bonchev–Trinajstić information content (AvgIpc) is 3.04. The van der Waals surface area contributed by atoms with Crippen molar-refractivity contribution in [3.05, 3.63) is 53.6 Å². The van der Waals surface area contributed by atoms with Gasteiger partial charge in [-0.2, -0.15) is 0 Å². The summed E-state index contributed by atoms with van der Waals surface area (Å²) < 4.78 is 5.72. The van der Waals surface area contributed by atoms with Gasteiger partial charge in [0.1, 0.15) is 17.5 Å². The molecule has 1 atom stereocenters. The van der Waals surface area contributed by atoms with E-state index in [1.165, 1.54) is 4.90 Å². The molecule has 1 aliphatic heterocycles. The molecule has 2 N–H and O–H groups in total. The van der Waals surface area contributed by atoms with Crippen LogP contribution in [-0.4, -0.2) is 36.0 Å². The van der Waals surface area contributed by atoms with Gasteiger partial charge < -0.3 is 15.4 Å². The van der Waals surface area contributed by atoms with Crippen molar-refractivity contribution in [3.8, 4) is 11.5 Å². The van der Waals surface area contributed by atoms with Crippen LogP contribution in [0.3, 0.4) is 0 Å². The Morgan fingerprint density at radius 3 is 2.60 bits per heavy atom. The molecule has 25 heavy (non-hydrogen) atoms. The molecule has 7 heteroatoms. The first-order chi connectivity index (χ1) is 12.0. The number of para-hydroxylation sites is 1. The monoisotopic (exact) mass is 359 g/mol. The summed E-state index contributed by atoms with van der Waals surface area (Å²) in [5.74, 6) is 0.955. The van der Waals surface area contributed by atoms with E-state index in [4.69, 9.17) is 16.3 Å². The van der Waals surface area contributed by atoms with Crippen LogP contribution < -0.4 is 15.4 Å². The number of hydrogen-bond acceptors (Lipinski definition) is 4. The minimum atomic E-state index is -0.515. The van der Waals surface area contributed by atoms with Crippen LogP contribution in [0.5, 0.6) is 11.5 Å². The normalized spacial score (nSPS) is 14.8. The molecule has 1 fully saturated rings. The molecule has 1 unspecified atom stereocenters. The summed E-state index contributed by atoms with van der Waals surface area (Å²) in [7, 11) is 0. The van der Waals surface area contributed by atoms with Crippen LogP contribution >= 0.6 is 11.6 Å². The van der Waals surface area contributed by atoms with Crippen molar-refractivity contribution in [2.75, 3.05) is 18.4 Å². The molecule has 6 nitrogen and oxygen atoms in total. The number of urea groups is 1. The zero-order valence-electron chi connectivity index (χ0n) is 13.7. The lowest BCUT2D eigenvalue weighted by Gasteiger charge is -2.19. The summed E-state index contributed by atoms with van der Waals surface area (Å²) in [5, 5.41) is 6.24. The number of ether oxygens (including phenoxy) is 1. The Morgan fingerprint density at radius 2 is 1.96 bits per heavy atom. The molecule has 1 aliphatic rings. The van der Waals surface area contributed by atoms with Gasteiger partial charge in [-0.05, 0) is 43.3 Å². The Labute approximate surface area is 150 Å². The molecule has 0 saturated carbocycles. The molecule has 0 spiro atoms. The maximum atomic E-state index is 12.3. The summed E-state index contributed by atoms with van der Waals surface area (Å²) in [6.45, 7) is 2.61. The second-order valence-corrected chi connectivity index (χ2v) is 6.05. The standard InChI is InChI=1S/C18H18ClN3O3/c1-12(17(23)22-11-10-20-18(22)24)21-13-6-8-14(9-7-13)25-16-5-3-2-4-15(16)19/h2-9,12,21H,10-11H2,1H3,(H,20,24). The largest absolute Gasteiger partial charge is 0.456 e. The zero-order valence-corrected chi connectivity index (χ0v) is 14.4. The number of halogens is 1. The van der Waals surface area contributed by atoms with Crippen molar-refractivity contribution >= 4 is 29.2 Å². The number of benzene rings is 2. The van der Waals surface area contributed by atoms with E-state index in [2.05, 4.69) is 10.6 Å². The van der Waals surface area contributed by atoms with Gasteiger partial charge in [0.05, 0.1) is 5.02 Å². The lowest BCUT2D eigenvalue weighted by Crippen LogP contribution is -2.43. The number of amides is 3. The lowest BCUT2D eigenvalue weighted by atomic mass is 10.2. The third-order valence-electron chi connectivity index (χ3n) is 3.80. The molecule has 3 rings (SSSR count). The van der Waals surface area contributed by atoms with Gasteiger partial charge in [0, 0.05) is 18.8 Å². The summed E-state index contributed by atoms with van der Waals surface area (Å²) >= 11 is 6.07. The number of nitrogens with one attached hydrogen (secondary N) is 2. The average molecular weight is 360 g/mol. The third kappa shape index (κ3) is 4.03. The Kier molecular flexibility index (Phi) is 5.09.